The molecule has 0 spiro atoms. The van der Waals surface area contributed by atoms with E-state index in [4.69, 9.17) is 21.6 Å². The second-order valence-electron chi connectivity index (χ2n) is 7.08. The van der Waals surface area contributed by atoms with Crippen LogP contribution in [-0.4, -0.2) is 24.4 Å². The molecule has 3 heterocycles. The Morgan fingerprint density at radius 3 is 2.93 bits per heavy atom. The van der Waals surface area contributed by atoms with Gasteiger partial charge in [-0.3, -0.25) is 0 Å². The average molecular weight is 363 g/mol. The van der Waals surface area contributed by atoms with Crippen LogP contribution in [0.2, 0.25) is 0 Å². The summed E-state index contributed by atoms with van der Waals surface area (Å²) in [4.78, 5) is 4.35. The number of pyridine rings is 1. The average Bonchev–Trinajstić information content (AvgIpc) is 3.24. The number of nitrogens with one attached hydrogen (secondary N) is 2. The predicted molar refractivity (Wildman–Crippen MR) is 108 cm³/mol. The zero-order valence-corrected chi connectivity index (χ0v) is 15.3. The Hall–Kier alpha value is -2.70. The lowest BCUT2D eigenvalue weighted by Crippen LogP contribution is -2.19. The van der Waals surface area contributed by atoms with Gasteiger partial charge in [0.1, 0.15) is 5.82 Å². The number of fused-ring (bicyclic) bond motifs is 1. The minimum absolute atomic E-state index is 0.377. The summed E-state index contributed by atoms with van der Waals surface area (Å²) in [7, 11) is 0. The van der Waals surface area contributed by atoms with Crippen molar-refractivity contribution in [1.29, 1.82) is 5.41 Å². The number of anilines is 1. The van der Waals surface area contributed by atoms with Gasteiger partial charge in [0.25, 0.3) is 0 Å². The number of nitrogen functional groups attached to an aromatic ring is 1. The largest absolute Gasteiger partial charge is 0.404 e. The molecule has 1 aromatic carbocycles. The minimum Gasteiger partial charge on any atom is -0.404 e. The van der Waals surface area contributed by atoms with Crippen molar-refractivity contribution in [2.24, 2.45) is 5.73 Å². The van der Waals surface area contributed by atoms with Crippen LogP contribution < -0.4 is 16.8 Å². The molecule has 1 saturated heterocycles. The number of benzene rings is 1. The van der Waals surface area contributed by atoms with Crippen LogP contribution >= 0.6 is 0 Å². The van der Waals surface area contributed by atoms with Gasteiger partial charge in [-0.2, -0.15) is 0 Å². The summed E-state index contributed by atoms with van der Waals surface area (Å²) >= 11 is 0. The Kier molecular flexibility index (Phi) is 4.92. The van der Waals surface area contributed by atoms with Crippen LogP contribution in [-0.2, 0) is 17.8 Å². The summed E-state index contributed by atoms with van der Waals surface area (Å²) in [6.45, 7) is 2.50. The van der Waals surface area contributed by atoms with Gasteiger partial charge >= 0.3 is 0 Å². The molecular formula is C21H25N5O. The molecule has 2 aliphatic heterocycles. The molecule has 6 nitrogen and oxygen atoms in total. The first-order chi connectivity index (χ1) is 13.2. The smallest absolute Gasteiger partial charge is 0.131 e. The molecule has 2 aromatic rings. The molecule has 0 saturated carbocycles. The maximum Gasteiger partial charge on any atom is 0.131 e. The second-order valence-corrected chi connectivity index (χ2v) is 7.08. The lowest BCUT2D eigenvalue weighted by molar-refractivity contribution is 0.109. The van der Waals surface area contributed by atoms with Crippen molar-refractivity contribution < 1.29 is 4.74 Å². The Labute approximate surface area is 159 Å². The van der Waals surface area contributed by atoms with E-state index in [1.807, 2.05) is 6.07 Å². The van der Waals surface area contributed by atoms with E-state index in [1.54, 1.807) is 6.20 Å². The van der Waals surface area contributed by atoms with Crippen molar-refractivity contribution >= 4 is 17.6 Å². The van der Waals surface area contributed by atoms with Gasteiger partial charge < -0.3 is 26.9 Å². The fourth-order valence-electron chi connectivity index (χ4n) is 4.02. The molecular weight excluding hydrogens is 338 g/mol. The highest BCUT2D eigenvalue weighted by atomic mass is 16.5. The van der Waals surface area contributed by atoms with E-state index in [-0.39, 0.29) is 0 Å². The summed E-state index contributed by atoms with van der Waals surface area (Å²) in [5, 5.41) is 11.2. The number of aromatic nitrogens is 1. The minimum atomic E-state index is 0.377. The van der Waals surface area contributed by atoms with E-state index in [2.05, 4.69) is 22.4 Å². The van der Waals surface area contributed by atoms with Gasteiger partial charge in [-0.25, -0.2) is 4.98 Å². The van der Waals surface area contributed by atoms with Crippen molar-refractivity contribution in [3.05, 3.63) is 52.8 Å². The number of hydrogen-bond donors (Lipinski definition) is 4. The predicted octanol–water partition coefficient (Wildman–Crippen LogP) is 2.78. The van der Waals surface area contributed by atoms with E-state index in [0.29, 0.717) is 29.6 Å². The number of allylic oxidation sites excluding steroid dienone is 1. The number of nitrogens with zero attached hydrogens (tertiary/aromatic N) is 1. The van der Waals surface area contributed by atoms with Crippen LogP contribution in [0.3, 0.4) is 0 Å². The third-order valence-corrected chi connectivity index (χ3v) is 5.47. The highest BCUT2D eigenvalue weighted by Gasteiger charge is 2.24. The van der Waals surface area contributed by atoms with E-state index in [1.165, 1.54) is 35.5 Å². The SMILES string of the molecule is N=C/C(=C\N)c1cc(-c2cc3c(c(C4CCCN4)c2)COCC3)cnc1N. The third kappa shape index (κ3) is 3.34. The molecule has 140 valence electrons. The molecule has 1 unspecified atom stereocenters. The fraction of sp³-hybridized carbons (Fsp3) is 0.333. The number of nitrogens with two attached hydrogens (primary N) is 2. The van der Waals surface area contributed by atoms with Crippen molar-refractivity contribution in [3.8, 4) is 11.1 Å². The topological polar surface area (TPSA) is 110 Å². The van der Waals surface area contributed by atoms with E-state index < -0.39 is 0 Å². The van der Waals surface area contributed by atoms with Gasteiger partial charge in [-0.1, -0.05) is 6.07 Å². The second kappa shape index (κ2) is 7.50. The molecule has 0 aliphatic carbocycles. The lowest BCUT2D eigenvalue weighted by Gasteiger charge is -2.25. The third-order valence-electron chi connectivity index (χ3n) is 5.47. The summed E-state index contributed by atoms with van der Waals surface area (Å²) in [5.41, 5.74) is 19.0. The molecule has 6 heteroatoms. The van der Waals surface area contributed by atoms with Crippen LogP contribution in [0.1, 0.15) is 41.1 Å². The number of hydrogen-bond acceptors (Lipinski definition) is 6. The highest BCUT2D eigenvalue weighted by Crippen LogP contribution is 2.35. The van der Waals surface area contributed by atoms with Gasteiger partial charge in [0.05, 0.1) is 13.2 Å². The Balaban J connectivity index is 1.83. The first-order valence-corrected chi connectivity index (χ1v) is 9.36. The van der Waals surface area contributed by atoms with Gasteiger partial charge in [-0.15, -0.1) is 0 Å². The first-order valence-electron chi connectivity index (χ1n) is 9.36. The van der Waals surface area contributed by atoms with Crippen molar-refractivity contribution in [1.82, 2.24) is 10.3 Å². The van der Waals surface area contributed by atoms with Gasteiger partial charge in [-0.05, 0) is 60.2 Å². The normalized spacial score (nSPS) is 19.7. The van der Waals surface area contributed by atoms with Crippen LogP contribution in [0.4, 0.5) is 5.82 Å². The van der Waals surface area contributed by atoms with E-state index in [9.17, 15) is 0 Å². The fourth-order valence-corrected chi connectivity index (χ4v) is 4.02. The summed E-state index contributed by atoms with van der Waals surface area (Å²) in [6.07, 6.45) is 7.66. The molecule has 1 atom stereocenters. The van der Waals surface area contributed by atoms with Gasteiger partial charge in [0.15, 0.2) is 0 Å². The van der Waals surface area contributed by atoms with Crippen molar-refractivity contribution in [2.45, 2.75) is 31.9 Å². The molecule has 2 aliphatic rings. The summed E-state index contributed by atoms with van der Waals surface area (Å²) in [5.74, 6) is 0.378. The quantitative estimate of drug-likeness (QED) is 0.624. The molecule has 0 amide bonds. The Morgan fingerprint density at radius 1 is 1.30 bits per heavy atom. The van der Waals surface area contributed by atoms with Crippen LogP contribution in [0.5, 0.6) is 0 Å². The molecule has 0 radical (unpaired) electrons. The van der Waals surface area contributed by atoms with Crippen molar-refractivity contribution in [2.75, 3.05) is 18.9 Å². The standard InChI is InChI=1S/C21H25N5O/c22-9-16(10-23)17-8-15(11-26-21(17)24)14-6-13-3-5-27-12-19(13)18(7-14)20-2-1-4-25-20/h6-11,20,22,25H,1-5,12,23H2,(H2,24,26)/b16-10+,22-9?. The molecule has 1 aromatic heterocycles. The number of ether oxygens (including phenoxy) is 1. The highest BCUT2D eigenvalue weighted by molar-refractivity contribution is 6.10. The zero-order chi connectivity index (χ0) is 18.8. The first kappa shape index (κ1) is 17.7. The lowest BCUT2D eigenvalue weighted by atomic mass is 9.88. The molecule has 0 bridgehead atoms. The van der Waals surface area contributed by atoms with E-state index in [0.717, 1.165) is 37.1 Å². The molecule has 1 fully saturated rings. The van der Waals surface area contributed by atoms with Gasteiger partial charge in [0, 0.05) is 41.4 Å². The summed E-state index contributed by atoms with van der Waals surface area (Å²) < 4.78 is 5.73. The van der Waals surface area contributed by atoms with Crippen molar-refractivity contribution in [3.63, 3.8) is 0 Å². The molecule has 4 rings (SSSR count). The maximum atomic E-state index is 7.56. The monoisotopic (exact) mass is 363 g/mol. The summed E-state index contributed by atoms with van der Waals surface area (Å²) in [6, 6.07) is 6.84. The molecule has 27 heavy (non-hydrogen) atoms. The Bertz CT molecular complexity index is 900. The van der Waals surface area contributed by atoms with E-state index >= 15 is 0 Å². The van der Waals surface area contributed by atoms with Crippen LogP contribution in [0.25, 0.3) is 16.7 Å². The zero-order valence-electron chi connectivity index (χ0n) is 15.3. The number of rotatable bonds is 4. The Morgan fingerprint density at radius 2 is 2.19 bits per heavy atom. The van der Waals surface area contributed by atoms with Crippen LogP contribution in [0.15, 0.2) is 30.6 Å². The maximum absolute atomic E-state index is 7.56. The van der Waals surface area contributed by atoms with Crippen LogP contribution in [0, 0.1) is 5.41 Å². The van der Waals surface area contributed by atoms with Gasteiger partial charge in [0.2, 0.25) is 0 Å². The molecule has 6 N–H and O–H groups in total.